The van der Waals surface area contributed by atoms with Crippen LogP contribution in [-0.4, -0.2) is 16.7 Å². The Labute approximate surface area is 120 Å². The summed E-state index contributed by atoms with van der Waals surface area (Å²) in [6, 6.07) is 8.03. The second-order valence-corrected chi connectivity index (χ2v) is 6.32. The maximum absolute atomic E-state index is 10.3. The van der Waals surface area contributed by atoms with Gasteiger partial charge in [-0.15, -0.1) is 11.3 Å². The minimum Gasteiger partial charge on any atom is -0.493 e. The third-order valence-electron chi connectivity index (χ3n) is 3.37. The lowest BCUT2D eigenvalue weighted by Crippen LogP contribution is -2.16. The maximum Gasteiger partial charge on any atom is 0.123 e. The molecule has 3 nitrogen and oxygen atoms in total. The van der Waals surface area contributed by atoms with E-state index in [0.717, 1.165) is 12.2 Å². The first-order valence-corrected chi connectivity index (χ1v) is 7.44. The number of para-hydroxylation sites is 1. The van der Waals surface area contributed by atoms with Crippen molar-refractivity contribution in [1.82, 2.24) is 4.98 Å². The first kappa shape index (κ1) is 12.9. The van der Waals surface area contributed by atoms with Crippen molar-refractivity contribution in [1.29, 1.82) is 0 Å². The van der Waals surface area contributed by atoms with E-state index in [1.807, 2.05) is 18.2 Å². The molecule has 2 aromatic rings. The Morgan fingerprint density at radius 2 is 2.32 bits per heavy atom. The molecule has 1 aliphatic heterocycles. The van der Waals surface area contributed by atoms with Crippen molar-refractivity contribution in [2.24, 2.45) is 0 Å². The fourth-order valence-electron chi connectivity index (χ4n) is 2.45. The van der Waals surface area contributed by atoms with E-state index < -0.39 is 6.10 Å². The molecule has 2 unspecified atom stereocenters. The third kappa shape index (κ3) is 2.76. The molecule has 2 heterocycles. The first-order chi connectivity index (χ1) is 9.24. The van der Waals surface area contributed by atoms with Crippen LogP contribution in [0.5, 0.6) is 5.75 Å². The highest BCUT2D eigenvalue weighted by molar-refractivity contribution is 7.15. The van der Waals surface area contributed by atoms with Crippen LogP contribution in [-0.2, 0) is 0 Å². The minimum atomic E-state index is -0.561. The lowest BCUT2D eigenvalue weighted by molar-refractivity contribution is 0.144. The van der Waals surface area contributed by atoms with Crippen LogP contribution in [0, 0.1) is 0 Å². The van der Waals surface area contributed by atoms with E-state index in [9.17, 15) is 5.11 Å². The van der Waals surface area contributed by atoms with Gasteiger partial charge in [0.05, 0.1) is 12.8 Å². The predicted octanol–water partition coefficient (Wildman–Crippen LogP) is 3.79. The van der Waals surface area contributed by atoms with Crippen molar-refractivity contribution < 1.29 is 9.84 Å². The summed E-state index contributed by atoms with van der Waals surface area (Å²) in [5.74, 6) is 1.24. The van der Waals surface area contributed by atoms with Crippen molar-refractivity contribution >= 4 is 22.9 Å². The normalized spacial score (nSPS) is 19.6. The number of aromatic nitrogens is 1. The molecular formula is C14H14ClNO2S. The lowest BCUT2D eigenvalue weighted by atomic mass is 9.88. The van der Waals surface area contributed by atoms with Crippen LogP contribution >= 0.6 is 22.9 Å². The van der Waals surface area contributed by atoms with E-state index in [0.29, 0.717) is 28.3 Å². The van der Waals surface area contributed by atoms with E-state index in [-0.39, 0.29) is 0 Å². The van der Waals surface area contributed by atoms with Gasteiger partial charge >= 0.3 is 0 Å². The predicted molar refractivity (Wildman–Crippen MR) is 76.0 cm³/mol. The number of aliphatic hydroxyl groups excluding tert-OH is 1. The fraction of sp³-hybridized carbons (Fsp3) is 0.357. The Kier molecular flexibility index (Phi) is 3.73. The molecule has 1 aliphatic rings. The summed E-state index contributed by atoms with van der Waals surface area (Å²) in [7, 11) is 0. The maximum atomic E-state index is 10.3. The SMILES string of the molecule is OC(CC1CCOc2ccccc21)c1ncc(Cl)s1. The average Bonchev–Trinajstić information content (AvgIpc) is 2.86. The molecule has 0 amide bonds. The molecule has 1 N–H and O–H groups in total. The number of rotatable bonds is 3. The van der Waals surface area contributed by atoms with Gasteiger partial charge in [0.25, 0.3) is 0 Å². The van der Waals surface area contributed by atoms with E-state index in [2.05, 4.69) is 11.1 Å². The second kappa shape index (κ2) is 5.49. The number of hydrogen-bond donors (Lipinski definition) is 1. The monoisotopic (exact) mass is 295 g/mol. The summed E-state index contributed by atoms with van der Waals surface area (Å²) >= 11 is 7.19. The Hall–Kier alpha value is -1.10. The summed E-state index contributed by atoms with van der Waals surface area (Å²) in [6.45, 7) is 0.701. The van der Waals surface area contributed by atoms with Crippen molar-refractivity contribution in [2.45, 2.75) is 24.9 Å². The molecule has 0 saturated carbocycles. The molecule has 0 radical (unpaired) electrons. The van der Waals surface area contributed by atoms with Crippen LogP contribution in [0.3, 0.4) is 0 Å². The third-order valence-corrected chi connectivity index (χ3v) is 4.59. The number of thiazole rings is 1. The van der Waals surface area contributed by atoms with Gasteiger partial charge in [-0.1, -0.05) is 29.8 Å². The number of aliphatic hydroxyl groups is 1. The zero-order chi connectivity index (χ0) is 13.2. The van der Waals surface area contributed by atoms with Crippen molar-refractivity contribution in [3.8, 4) is 5.75 Å². The molecule has 1 aromatic heterocycles. The average molecular weight is 296 g/mol. The highest BCUT2D eigenvalue weighted by Gasteiger charge is 2.25. The number of hydrogen-bond acceptors (Lipinski definition) is 4. The number of nitrogens with zero attached hydrogens (tertiary/aromatic N) is 1. The summed E-state index contributed by atoms with van der Waals surface area (Å²) in [6.07, 6.45) is 2.61. The number of halogens is 1. The van der Waals surface area contributed by atoms with E-state index in [4.69, 9.17) is 16.3 Å². The van der Waals surface area contributed by atoms with Crippen molar-refractivity contribution in [3.05, 3.63) is 45.4 Å². The minimum absolute atomic E-state index is 0.308. The molecule has 5 heteroatoms. The number of benzene rings is 1. The summed E-state index contributed by atoms with van der Waals surface area (Å²) in [5, 5.41) is 10.9. The highest BCUT2D eigenvalue weighted by Crippen LogP contribution is 2.39. The van der Waals surface area contributed by atoms with E-state index in [1.54, 1.807) is 6.20 Å². The molecule has 19 heavy (non-hydrogen) atoms. The molecular weight excluding hydrogens is 282 g/mol. The van der Waals surface area contributed by atoms with Crippen LogP contribution in [0.2, 0.25) is 4.34 Å². The number of ether oxygens (including phenoxy) is 1. The van der Waals surface area contributed by atoms with Crippen molar-refractivity contribution in [3.63, 3.8) is 0 Å². The molecule has 0 saturated heterocycles. The molecule has 2 atom stereocenters. The first-order valence-electron chi connectivity index (χ1n) is 6.25. The molecule has 3 rings (SSSR count). The van der Waals surface area contributed by atoms with Gasteiger partial charge in [0.1, 0.15) is 21.2 Å². The number of fused-ring (bicyclic) bond motifs is 1. The van der Waals surface area contributed by atoms with Crippen LogP contribution in [0.25, 0.3) is 0 Å². The van der Waals surface area contributed by atoms with Gasteiger partial charge in [-0.2, -0.15) is 0 Å². The fourth-order valence-corrected chi connectivity index (χ4v) is 3.38. The Bertz CT molecular complexity index is 572. The molecule has 0 aliphatic carbocycles. The Morgan fingerprint density at radius 3 is 3.11 bits per heavy atom. The zero-order valence-corrected chi connectivity index (χ0v) is 11.8. The van der Waals surface area contributed by atoms with Crippen LogP contribution in [0.4, 0.5) is 0 Å². The summed E-state index contributed by atoms with van der Waals surface area (Å²) < 4.78 is 6.24. The second-order valence-electron chi connectivity index (χ2n) is 4.63. The van der Waals surface area contributed by atoms with Gasteiger partial charge in [0.15, 0.2) is 0 Å². The summed E-state index contributed by atoms with van der Waals surface area (Å²) in [4.78, 5) is 4.14. The Balaban J connectivity index is 1.77. The van der Waals surface area contributed by atoms with Gasteiger partial charge in [0.2, 0.25) is 0 Å². The van der Waals surface area contributed by atoms with Crippen LogP contribution < -0.4 is 4.74 Å². The Morgan fingerprint density at radius 1 is 1.47 bits per heavy atom. The van der Waals surface area contributed by atoms with Crippen molar-refractivity contribution in [2.75, 3.05) is 6.61 Å². The van der Waals surface area contributed by atoms with E-state index in [1.165, 1.54) is 16.9 Å². The van der Waals surface area contributed by atoms with Gasteiger partial charge in [-0.3, -0.25) is 0 Å². The zero-order valence-electron chi connectivity index (χ0n) is 10.3. The van der Waals surface area contributed by atoms with Gasteiger partial charge in [0, 0.05) is 0 Å². The van der Waals surface area contributed by atoms with E-state index >= 15 is 0 Å². The molecule has 0 bridgehead atoms. The highest BCUT2D eigenvalue weighted by atomic mass is 35.5. The van der Waals surface area contributed by atoms with Gasteiger partial charge in [-0.25, -0.2) is 4.98 Å². The quantitative estimate of drug-likeness (QED) is 0.937. The van der Waals surface area contributed by atoms with Gasteiger partial charge in [-0.05, 0) is 30.4 Å². The van der Waals surface area contributed by atoms with Crippen LogP contribution in [0.1, 0.15) is 35.4 Å². The topological polar surface area (TPSA) is 42.4 Å². The molecule has 0 fully saturated rings. The van der Waals surface area contributed by atoms with Crippen LogP contribution in [0.15, 0.2) is 30.5 Å². The lowest BCUT2D eigenvalue weighted by Gasteiger charge is -2.27. The molecule has 100 valence electrons. The molecule has 0 spiro atoms. The standard InChI is InChI=1S/C14H14ClNO2S/c15-13-8-16-14(19-13)11(17)7-9-5-6-18-12-4-2-1-3-10(9)12/h1-4,8-9,11,17H,5-7H2. The smallest absolute Gasteiger partial charge is 0.123 e. The van der Waals surface area contributed by atoms with Gasteiger partial charge < -0.3 is 9.84 Å². The molecule has 1 aromatic carbocycles. The summed E-state index contributed by atoms with van der Waals surface area (Å²) in [5.41, 5.74) is 1.18. The largest absolute Gasteiger partial charge is 0.493 e.